The van der Waals surface area contributed by atoms with E-state index in [4.69, 9.17) is 19.4 Å². The van der Waals surface area contributed by atoms with E-state index in [2.05, 4.69) is 17.5 Å². The van der Waals surface area contributed by atoms with Crippen LogP contribution in [0.2, 0.25) is 0 Å². The van der Waals surface area contributed by atoms with Gasteiger partial charge in [-0.25, -0.2) is 4.39 Å². The van der Waals surface area contributed by atoms with Crippen LogP contribution in [0.1, 0.15) is 60.6 Å². The Morgan fingerprint density at radius 3 is 2.56 bits per heavy atom. The number of fused-ring (bicyclic) bond motifs is 3. The molecule has 252 valence electrons. The molecular formula is C35H36F4N6O3. The summed E-state index contributed by atoms with van der Waals surface area (Å²) in [5.41, 5.74) is 0.906. The van der Waals surface area contributed by atoms with E-state index in [1.54, 1.807) is 24.3 Å². The lowest BCUT2D eigenvalue weighted by molar-refractivity contribution is -0.136. The molecule has 3 aromatic rings. The minimum Gasteiger partial charge on any atom is -0.461 e. The molecule has 7 rings (SSSR count). The molecule has 4 aliphatic rings. The van der Waals surface area contributed by atoms with Gasteiger partial charge in [-0.15, -0.1) is 0 Å². The molecule has 4 aliphatic heterocycles. The van der Waals surface area contributed by atoms with Gasteiger partial charge >= 0.3 is 12.2 Å². The van der Waals surface area contributed by atoms with Crippen molar-refractivity contribution in [2.45, 2.75) is 69.0 Å². The highest BCUT2D eigenvalue weighted by molar-refractivity contribution is 5.91. The van der Waals surface area contributed by atoms with E-state index in [0.29, 0.717) is 41.2 Å². The Kier molecular flexibility index (Phi) is 8.49. The van der Waals surface area contributed by atoms with Gasteiger partial charge in [-0.05, 0) is 61.2 Å². The third-order valence-corrected chi connectivity index (χ3v) is 10.3. The summed E-state index contributed by atoms with van der Waals surface area (Å²) in [6, 6.07) is 10.9. The number of carbonyl (C=O) groups is 1. The molecule has 3 saturated heterocycles. The van der Waals surface area contributed by atoms with Crippen LogP contribution in [-0.2, 0) is 28.7 Å². The number of amides is 1. The number of carbonyl (C=O) groups excluding carboxylic acids is 1. The summed E-state index contributed by atoms with van der Waals surface area (Å²) in [6.07, 6.45) is -0.863. The lowest BCUT2D eigenvalue weighted by atomic mass is 9.92. The first-order valence-corrected chi connectivity index (χ1v) is 16.3. The quantitative estimate of drug-likeness (QED) is 0.228. The first kappa shape index (κ1) is 32.3. The van der Waals surface area contributed by atoms with Crippen molar-refractivity contribution >= 4 is 22.5 Å². The number of halogens is 4. The topological polar surface area (TPSA) is 94.8 Å². The molecule has 2 atom stereocenters. The van der Waals surface area contributed by atoms with Crippen molar-refractivity contribution in [2.24, 2.45) is 0 Å². The van der Waals surface area contributed by atoms with Gasteiger partial charge in [0, 0.05) is 31.6 Å². The molecule has 0 radical (unpaired) electrons. The zero-order valence-electron chi connectivity index (χ0n) is 26.4. The number of benzene rings is 2. The smallest absolute Gasteiger partial charge is 0.417 e. The van der Waals surface area contributed by atoms with E-state index < -0.39 is 35.6 Å². The largest absolute Gasteiger partial charge is 0.461 e. The molecule has 48 heavy (non-hydrogen) atoms. The molecule has 3 fully saturated rings. The molecule has 1 amide bonds. The number of hydrogen-bond donors (Lipinski definition) is 0. The molecule has 0 N–H and O–H groups in total. The van der Waals surface area contributed by atoms with Crippen LogP contribution >= 0.6 is 0 Å². The predicted octanol–water partition coefficient (Wildman–Crippen LogP) is 5.88. The lowest BCUT2D eigenvalue weighted by Gasteiger charge is -2.42. The van der Waals surface area contributed by atoms with Gasteiger partial charge in [-0.1, -0.05) is 36.9 Å². The Morgan fingerprint density at radius 2 is 1.85 bits per heavy atom. The van der Waals surface area contributed by atoms with Gasteiger partial charge in [0.05, 0.1) is 48.0 Å². The summed E-state index contributed by atoms with van der Waals surface area (Å²) in [4.78, 5) is 27.9. The molecular weight excluding hydrogens is 628 g/mol. The maximum Gasteiger partial charge on any atom is 0.417 e. The fraction of sp³-hybridized carbons (Fsp3) is 0.486. The molecule has 13 heteroatoms. The van der Waals surface area contributed by atoms with Crippen molar-refractivity contribution < 1.29 is 31.8 Å². The van der Waals surface area contributed by atoms with Gasteiger partial charge in [0.1, 0.15) is 12.4 Å². The molecule has 0 saturated carbocycles. The number of hydrogen-bond acceptors (Lipinski definition) is 8. The third kappa shape index (κ3) is 5.85. The highest BCUT2D eigenvalue weighted by atomic mass is 19.4. The monoisotopic (exact) mass is 664 g/mol. The normalized spacial score (nSPS) is 22.3. The SMILES string of the molecule is C=C(F)C(=O)N1CCN(c2nc(OCC34CCCN3CCC4)nc3c2COC(c2cccc4cccc(C(F)(F)F)c24)C3)C[C@@H]1CC#N. The van der Waals surface area contributed by atoms with Crippen molar-refractivity contribution in [1.82, 2.24) is 19.8 Å². The summed E-state index contributed by atoms with van der Waals surface area (Å²) < 4.78 is 69.0. The summed E-state index contributed by atoms with van der Waals surface area (Å²) in [7, 11) is 0. The van der Waals surface area contributed by atoms with E-state index >= 15 is 0 Å². The Morgan fingerprint density at radius 1 is 1.10 bits per heavy atom. The Balaban J connectivity index is 1.25. The van der Waals surface area contributed by atoms with E-state index in [9.17, 15) is 27.6 Å². The average molecular weight is 665 g/mol. The predicted molar refractivity (Wildman–Crippen MR) is 169 cm³/mol. The number of anilines is 1. The molecule has 1 unspecified atom stereocenters. The summed E-state index contributed by atoms with van der Waals surface area (Å²) in [5, 5.41) is 10.1. The first-order valence-electron chi connectivity index (χ1n) is 16.3. The molecule has 0 aliphatic carbocycles. The van der Waals surface area contributed by atoms with Crippen LogP contribution in [0, 0.1) is 11.3 Å². The van der Waals surface area contributed by atoms with Crippen LogP contribution in [0.25, 0.3) is 10.8 Å². The number of ether oxygens (including phenoxy) is 2. The Hall–Kier alpha value is -4.28. The minimum atomic E-state index is -4.55. The number of piperazine rings is 1. The molecule has 1 aromatic heterocycles. The number of nitrogens with zero attached hydrogens (tertiary/aromatic N) is 6. The van der Waals surface area contributed by atoms with Crippen LogP contribution in [0.15, 0.2) is 48.8 Å². The van der Waals surface area contributed by atoms with Crippen LogP contribution < -0.4 is 9.64 Å². The van der Waals surface area contributed by atoms with E-state index in [0.717, 1.165) is 44.8 Å². The molecule has 9 nitrogen and oxygen atoms in total. The van der Waals surface area contributed by atoms with Crippen molar-refractivity contribution in [1.29, 1.82) is 5.26 Å². The standard InChI is InChI=1S/C35H36F4N6O3/c1-22(36)32(46)45-17-16-43(19-24(45)10-13-40)31-26-20-47-29(25-8-2-6-23-7-3-9-27(30(23)25)35(37,38)39)18-28(26)41-33(42-31)48-21-34-11-4-14-44(34)15-5-12-34/h2-3,6-9,24,29H,1,4-5,10-12,14-21H2/t24-,29?/m0/s1. The van der Waals surface area contributed by atoms with Gasteiger partial charge in [0.2, 0.25) is 0 Å². The maximum atomic E-state index is 14.2. The van der Waals surface area contributed by atoms with Gasteiger partial charge in [-0.2, -0.15) is 28.4 Å². The number of aromatic nitrogens is 2. The van der Waals surface area contributed by atoms with Gasteiger partial charge < -0.3 is 19.3 Å². The second-order valence-corrected chi connectivity index (χ2v) is 13.1. The second kappa shape index (κ2) is 12.6. The van der Waals surface area contributed by atoms with Crippen LogP contribution in [0.4, 0.5) is 23.4 Å². The molecule has 2 aromatic carbocycles. The first-order chi connectivity index (χ1) is 23.1. The van der Waals surface area contributed by atoms with Crippen molar-refractivity contribution in [3.8, 4) is 12.1 Å². The van der Waals surface area contributed by atoms with Crippen molar-refractivity contribution in [3.05, 3.63) is 71.2 Å². The zero-order chi connectivity index (χ0) is 33.6. The molecule has 0 bridgehead atoms. The average Bonchev–Trinajstić information content (AvgIpc) is 3.66. The molecule has 0 spiro atoms. The Labute approximate surface area is 275 Å². The summed E-state index contributed by atoms with van der Waals surface area (Å²) in [5.74, 6) is -1.42. The van der Waals surface area contributed by atoms with Crippen LogP contribution in [-0.4, -0.2) is 76.6 Å². The number of alkyl halides is 3. The fourth-order valence-electron chi connectivity index (χ4n) is 8.04. The fourth-order valence-corrected chi connectivity index (χ4v) is 8.04. The molecule has 5 heterocycles. The minimum absolute atomic E-state index is 0.0221. The second-order valence-electron chi connectivity index (χ2n) is 13.1. The highest BCUT2D eigenvalue weighted by Crippen LogP contribution is 2.43. The number of rotatable bonds is 7. The van der Waals surface area contributed by atoms with Crippen LogP contribution in [0.3, 0.4) is 0 Å². The van der Waals surface area contributed by atoms with E-state index in [-0.39, 0.29) is 49.5 Å². The summed E-state index contributed by atoms with van der Waals surface area (Å²) in [6.45, 7) is 6.28. The number of nitriles is 1. The van der Waals surface area contributed by atoms with E-state index in [1.165, 1.54) is 11.0 Å². The van der Waals surface area contributed by atoms with Gasteiger partial charge in [-0.3, -0.25) is 9.69 Å². The lowest BCUT2D eigenvalue weighted by Crippen LogP contribution is -2.55. The summed E-state index contributed by atoms with van der Waals surface area (Å²) >= 11 is 0. The maximum absolute atomic E-state index is 14.2. The van der Waals surface area contributed by atoms with E-state index in [1.807, 2.05) is 4.90 Å². The third-order valence-electron chi connectivity index (χ3n) is 10.3. The van der Waals surface area contributed by atoms with Crippen molar-refractivity contribution in [3.63, 3.8) is 0 Å². The highest BCUT2D eigenvalue weighted by Gasteiger charge is 2.45. The Bertz CT molecular complexity index is 1780. The zero-order valence-corrected chi connectivity index (χ0v) is 26.4. The van der Waals surface area contributed by atoms with Gasteiger partial charge in [0.25, 0.3) is 5.91 Å². The van der Waals surface area contributed by atoms with Crippen LogP contribution in [0.5, 0.6) is 6.01 Å². The van der Waals surface area contributed by atoms with Crippen molar-refractivity contribution in [2.75, 3.05) is 44.2 Å². The van der Waals surface area contributed by atoms with Gasteiger partial charge in [0.15, 0.2) is 5.83 Å².